The van der Waals surface area contributed by atoms with Gasteiger partial charge in [0, 0.05) is 32.9 Å². The van der Waals surface area contributed by atoms with Crippen LogP contribution in [0.2, 0.25) is 0 Å². The number of fused-ring (bicyclic) bond motifs is 5. The van der Waals surface area contributed by atoms with Crippen molar-refractivity contribution in [1.82, 2.24) is 4.98 Å². The molecule has 59 heavy (non-hydrogen) atoms. The fraction of sp³-hybridized carbons (Fsp3) is 0. The Morgan fingerprint density at radius 1 is 0.492 bits per heavy atom. The lowest BCUT2D eigenvalue weighted by Crippen LogP contribution is -2.06. The number of aromatic nitrogens is 1. The normalized spacial score (nSPS) is 13.2. The van der Waals surface area contributed by atoms with Crippen LogP contribution in [0.3, 0.4) is 0 Å². The van der Waals surface area contributed by atoms with E-state index in [4.69, 9.17) is 11.5 Å². The molecule has 7 rings (SSSR count). The summed E-state index contributed by atoms with van der Waals surface area (Å²) in [6.45, 7) is 0. The van der Waals surface area contributed by atoms with Gasteiger partial charge in [0.1, 0.15) is 21.2 Å². The molecule has 304 valence electrons. The smallest absolute Gasteiger partial charge is 0.296 e. The average molecular weight is 886 g/mol. The Labute approximate surface area is 329 Å². The first kappa shape index (κ1) is 40.5. The van der Waals surface area contributed by atoms with Crippen molar-refractivity contribution in [3.8, 4) is 11.5 Å². The number of benzene rings is 6. The van der Waals surface area contributed by atoms with E-state index in [1.165, 1.54) is 36.4 Å². The third kappa shape index (κ3) is 7.47. The minimum Gasteiger partial charge on any atom is -0.505 e. The highest BCUT2D eigenvalue weighted by Gasteiger charge is 2.26. The first-order valence-corrected chi connectivity index (χ1v) is 21.6. The van der Waals surface area contributed by atoms with Crippen LogP contribution in [0.5, 0.6) is 11.5 Å². The molecule has 7 aromatic rings. The SMILES string of the molecule is Nc1cc(S(=O)(=O)O)cc2cc(S(=O)(=O)O)c(N=Nc3ccc4c(c3)[nH]c(=O)c3cc(N=Nc5c(S(=O)(=O)O)cc6cc(S(=O)(=O)O)cc(N)c6c5O)ccc34)c(O)c12. The number of azo groups is 2. The van der Waals surface area contributed by atoms with Gasteiger partial charge in [-0.25, -0.2) is 0 Å². The first-order chi connectivity index (χ1) is 27.3. The average Bonchev–Trinajstić information content (AvgIpc) is 3.11. The number of phenols is 2. The predicted molar refractivity (Wildman–Crippen MR) is 210 cm³/mol. The summed E-state index contributed by atoms with van der Waals surface area (Å²) < 4.78 is 134. The van der Waals surface area contributed by atoms with Crippen LogP contribution in [0.1, 0.15) is 0 Å². The minimum atomic E-state index is -5.15. The number of anilines is 2. The lowest BCUT2D eigenvalue weighted by Gasteiger charge is -2.12. The van der Waals surface area contributed by atoms with Gasteiger partial charge in [-0.15, -0.1) is 10.2 Å². The van der Waals surface area contributed by atoms with Gasteiger partial charge in [0.25, 0.3) is 46.0 Å². The van der Waals surface area contributed by atoms with Crippen molar-refractivity contribution in [1.29, 1.82) is 0 Å². The van der Waals surface area contributed by atoms with Gasteiger partial charge >= 0.3 is 0 Å². The van der Waals surface area contributed by atoms with Crippen LogP contribution in [0.4, 0.5) is 34.1 Å². The summed E-state index contributed by atoms with van der Waals surface area (Å²) in [5.41, 5.74) is 8.85. The van der Waals surface area contributed by atoms with Crippen molar-refractivity contribution in [2.24, 2.45) is 20.5 Å². The van der Waals surface area contributed by atoms with Crippen LogP contribution in [0, 0.1) is 0 Å². The topological polar surface area (TPSA) is 392 Å². The number of hydrogen-bond donors (Lipinski definition) is 9. The number of nitrogens with two attached hydrogens (primary N) is 2. The third-order valence-corrected chi connectivity index (χ3v) is 12.2. The number of nitrogens with one attached hydrogen (secondary N) is 1. The molecule has 0 aliphatic heterocycles. The molecule has 0 amide bonds. The largest absolute Gasteiger partial charge is 0.505 e. The number of pyridine rings is 1. The highest BCUT2D eigenvalue weighted by molar-refractivity contribution is 7.86. The zero-order chi connectivity index (χ0) is 43.1. The molecule has 0 saturated carbocycles. The van der Waals surface area contributed by atoms with Crippen molar-refractivity contribution in [3.63, 3.8) is 0 Å². The molecule has 1 aromatic heterocycles. The second-order valence-corrected chi connectivity index (χ2v) is 18.2. The van der Waals surface area contributed by atoms with E-state index >= 15 is 0 Å². The molecule has 0 fully saturated rings. The number of nitrogens with zero attached hydrogens (tertiary/aromatic N) is 4. The maximum Gasteiger partial charge on any atom is 0.296 e. The van der Waals surface area contributed by atoms with Crippen molar-refractivity contribution in [2.45, 2.75) is 19.6 Å². The van der Waals surface area contributed by atoms with E-state index in [2.05, 4.69) is 25.4 Å². The van der Waals surface area contributed by atoms with Gasteiger partial charge < -0.3 is 26.7 Å². The molecule has 1 heterocycles. The lowest BCUT2D eigenvalue weighted by molar-refractivity contribution is 0.471. The van der Waals surface area contributed by atoms with E-state index in [1.807, 2.05) is 0 Å². The van der Waals surface area contributed by atoms with Crippen LogP contribution in [-0.2, 0) is 40.5 Å². The van der Waals surface area contributed by atoms with Gasteiger partial charge in [-0.3, -0.25) is 23.0 Å². The molecule has 0 atom stereocenters. The standard InChI is InChI=1S/C33H23N7O15S4/c34-22-11-17(56(44,45)46)5-13-7-25(58(50,51)52)29(31(41)27(13)22)39-37-15-1-3-19-20-4-2-16(10-24(20)36-33(43)21(19)9-15)38-40-30-26(59(53,54)55)8-14-6-18(57(47,48)49)12-23(35)28(14)32(30)42/h1-12,41-42H,34-35H2,(H,36,43)(H,44,45,46)(H,47,48,49)(H,50,51,52)(H,53,54,55). The van der Waals surface area contributed by atoms with Crippen LogP contribution in [0.25, 0.3) is 43.2 Å². The number of aromatic amines is 1. The second kappa shape index (κ2) is 13.7. The van der Waals surface area contributed by atoms with E-state index in [0.29, 0.717) is 10.8 Å². The fourth-order valence-electron chi connectivity index (χ4n) is 6.22. The lowest BCUT2D eigenvalue weighted by atomic mass is 10.1. The summed E-state index contributed by atoms with van der Waals surface area (Å²) in [6.07, 6.45) is 0. The number of aromatic hydroxyl groups is 2. The summed E-state index contributed by atoms with van der Waals surface area (Å²) in [5, 5.41) is 37.1. The predicted octanol–water partition coefficient (Wildman–Crippen LogP) is 5.38. The number of rotatable bonds is 8. The molecular formula is C33H23N7O15S4. The summed E-state index contributed by atoms with van der Waals surface area (Å²) in [5.74, 6) is -1.82. The van der Waals surface area contributed by atoms with Crippen molar-refractivity contribution in [2.75, 3.05) is 11.5 Å². The molecule has 0 saturated heterocycles. The number of hydrogen-bond acceptors (Lipinski definition) is 17. The summed E-state index contributed by atoms with van der Waals surface area (Å²) in [4.78, 5) is 12.5. The molecule has 0 aliphatic rings. The molecule has 0 spiro atoms. The second-order valence-electron chi connectivity index (χ2n) is 12.6. The fourth-order valence-corrected chi connectivity index (χ4v) is 8.64. The first-order valence-electron chi connectivity index (χ1n) is 15.8. The Bertz CT molecular complexity index is 3630. The number of phenolic OH excluding ortho intramolecular Hbond substituents is 2. The van der Waals surface area contributed by atoms with E-state index in [9.17, 15) is 66.9 Å². The van der Waals surface area contributed by atoms with E-state index < -0.39 is 99.9 Å². The Kier molecular flexibility index (Phi) is 9.44. The summed E-state index contributed by atoms with van der Waals surface area (Å²) in [6, 6.07) is 13.0. The van der Waals surface area contributed by atoms with Crippen molar-refractivity contribution >= 4 is 118 Å². The molecule has 0 aliphatic carbocycles. The quantitative estimate of drug-likeness (QED) is 0.0400. The molecule has 0 unspecified atom stereocenters. The Morgan fingerprint density at radius 2 is 0.915 bits per heavy atom. The third-order valence-electron chi connectivity index (χ3n) is 8.78. The highest BCUT2D eigenvalue weighted by atomic mass is 32.2. The van der Waals surface area contributed by atoms with Crippen LogP contribution in [0.15, 0.2) is 118 Å². The van der Waals surface area contributed by atoms with E-state index in [1.54, 1.807) is 0 Å². The maximum absolute atomic E-state index is 13.3. The van der Waals surface area contributed by atoms with E-state index in [0.717, 1.165) is 36.4 Å². The number of H-pyrrole nitrogens is 1. The van der Waals surface area contributed by atoms with Crippen LogP contribution in [-0.4, -0.2) is 67.1 Å². The molecule has 22 nitrogen and oxygen atoms in total. The maximum atomic E-state index is 13.3. The van der Waals surface area contributed by atoms with Gasteiger partial charge in [-0.05, 0) is 76.8 Å². The van der Waals surface area contributed by atoms with Crippen LogP contribution >= 0.6 is 0 Å². The van der Waals surface area contributed by atoms with Crippen molar-refractivity contribution < 1.29 is 62.1 Å². The van der Waals surface area contributed by atoms with Gasteiger partial charge in [0.2, 0.25) is 0 Å². The van der Waals surface area contributed by atoms with Gasteiger partial charge in [0.15, 0.2) is 11.5 Å². The Balaban J connectivity index is 1.28. The molecule has 26 heteroatoms. The highest BCUT2D eigenvalue weighted by Crippen LogP contribution is 2.46. The van der Waals surface area contributed by atoms with Gasteiger partial charge in [-0.1, -0.05) is 12.1 Å². The molecule has 0 radical (unpaired) electrons. The number of nitrogen functional groups attached to an aromatic ring is 2. The van der Waals surface area contributed by atoms with Crippen molar-refractivity contribution in [3.05, 3.63) is 83.2 Å². The zero-order valence-corrected chi connectivity index (χ0v) is 32.1. The summed E-state index contributed by atoms with van der Waals surface area (Å²) in [7, 11) is -19.9. The molecule has 0 bridgehead atoms. The Morgan fingerprint density at radius 3 is 1.34 bits per heavy atom. The minimum absolute atomic E-state index is 0.00641. The summed E-state index contributed by atoms with van der Waals surface area (Å²) >= 11 is 0. The molecular weight excluding hydrogens is 863 g/mol. The van der Waals surface area contributed by atoms with Crippen LogP contribution < -0.4 is 17.0 Å². The molecule has 11 N–H and O–H groups in total. The van der Waals surface area contributed by atoms with Gasteiger partial charge in [-0.2, -0.15) is 43.9 Å². The molecule has 6 aromatic carbocycles. The monoisotopic (exact) mass is 885 g/mol. The Hall–Kier alpha value is -6.65. The van der Waals surface area contributed by atoms with E-state index in [-0.39, 0.29) is 43.8 Å². The zero-order valence-electron chi connectivity index (χ0n) is 28.9. The van der Waals surface area contributed by atoms with Gasteiger partial charge in [0.05, 0.1) is 26.7 Å².